The Balaban J connectivity index is 1.61. The molecule has 1 aliphatic rings. The van der Waals surface area contributed by atoms with Crippen molar-refractivity contribution in [3.8, 4) is 5.75 Å². The summed E-state index contributed by atoms with van der Waals surface area (Å²) in [5, 5.41) is 5.11. The van der Waals surface area contributed by atoms with E-state index < -0.39 is 16.3 Å². The highest BCUT2D eigenvalue weighted by atomic mass is 35.5. The Kier molecular flexibility index (Phi) is 5.56. The van der Waals surface area contributed by atoms with Gasteiger partial charge in [0.15, 0.2) is 4.33 Å². The summed E-state index contributed by atoms with van der Waals surface area (Å²) < 4.78 is 4.95. The number of rotatable bonds is 4. The number of amides is 3. The van der Waals surface area contributed by atoms with Crippen molar-refractivity contribution >= 4 is 52.4 Å². The van der Waals surface area contributed by atoms with Gasteiger partial charge in [-0.05, 0) is 42.8 Å². The standard InChI is InChI=1S/C19H17Cl3N2O3/c1-10-9-12(7-8-15(10)27-16-11(2)19(16,21)22)23-18(26)24-17(25)13-5-3-4-6-14(13)20/h3-9,11,16H,1-2H3,(H2,23,24,25,26). The lowest BCUT2D eigenvalue weighted by molar-refractivity contribution is 0.0967. The van der Waals surface area contributed by atoms with Crippen LogP contribution in [0.3, 0.4) is 0 Å². The Morgan fingerprint density at radius 2 is 1.81 bits per heavy atom. The molecule has 2 unspecified atom stereocenters. The highest BCUT2D eigenvalue weighted by Gasteiger charge is 2.63. The van der Waals surface area contributed by atoms with Crippen molar-refractivity contribution < 1.29 is 14.3 Å². The molecule has 8 heteroatoms. The van der Waals surface area contributed by atoms with Crippen LogP contribution in [0.1, 0.15) is 22.8 Å². The first kappa shape index (κ1) is 19.8. The number of imide groups is 1. The molecule has 3 rings (SSSR count). The number of aryl methyl sites for hydroxylation is 1. The summed E-state index contributed by atoms with van der Waals surface area (Å²) in [6.45, 7) is 3.75. The van der Waals surface area contributed by atoms with Crippen molar-refractivity contribution in [1.82, 2.24) is 5.32 Å². The first-order chi connectivity index (χ1) is 12.7. The molecule has 27 heavy (non-hydrogen) atoms. The summed E-state index contributed by atoms with van der Waals surface area (Å²) in [6, 6.07) is 10.9. The van der Waals surface area contributed by atoms with Crippen LogP contribution >= 0.6 is 34.8 Å². The van der Waals surface area contributed by atoms with E-state index in [0.29, 0.717) is 11.4 Å². The number of alkyl halides is 2. The van der Waals surface area contributed by atoms with E-state index in [-0.39, 0.29) is 22.6 Å². The third kappa shape index (κ3) is 4.32. The number of urea groups is 1. The lowest BCUT2D eigenvalue weighted by Gasteiger charge is -2.12. The number of anilines is 1. The topological polar surface area (TPSA) is 67.4 Å². The monoisotopic (exact) mass is 426 g/mol. The molecular formula is C19H17Cl3N2O3. The van der Waals surface area contributed by atoms with Crippen LogP contribution in [0.15, 0.2) is 42.5 Å². The van der Waals surface area contributed by atoms with Crippen LogP contribution < -0.4 is 15.4 Å². The molecule has 2 aromatic rings. The zero-order chi connectivity index (χ0) is 19.8. The number of carbonyl (C=O) groups excluding carboxylic acids is 2. The smallest absolute Gasteiger partial charge is 0.326 e. The highest BCUT2D eigenvalue weighted by Crippen LogP contribution is 2.55. The molecule has 2 aromatic carbocycles. The van der Waals surface area contributed by atoms with E-state index in [1.165, 1.54) is 6.07 Å². The van der Waals surface area contributed by atoms with Crippen LogP contribution in [0.25, 0.3) is 0 Å². The van der Waals surface area contributed by atoms with Crippen LogP contribution in [0.4, 0.5) is 10.5 Å². The van der Waals surface area contributed by atoms with Gasteiger partial charge in [0.2, 0.25) is 0 Å². The van der Waals surface area contributed by atoms with Gasteiger partial charge in [0.1, 0.15) is 11.9 Å². The molecule has 3 amide bonds. The Hall–Kier alpha value is -1.95. The minimum atomic E-state index is -0.873. The minimum Gasteiger partial charge on any atom is -0.487 e. The Morgan fingerprint density at radius 1 is 1.15 bits per heavy atom. The molecule has 0 aromatic heterocycles. The van der Waals surface area contributed by atoms with Crippen molar-refractivity contribution in [2.24, 2.45) is 5.92 Å². The van der Waals surface area contributed by atoms with E-state index in [4.69, 9.17) is 39.5 Å². The normalized spacial score (nSPS) is 19.9. The molecule has 1 saturated carbocycles. The number of carbonyl (C=O) groups is 2. The predicted octanol–water partition coefficient (Wildman–Crippen LogP) is 5.18. The summed E-state index contributed by atoms with van der Waals surface area (Å²) in [6.07, 6.45) is -0.269. The fraction of sp³-hybridized carbons (Fsp3) is 0.263. The molecule has 0 spiro atoms. The minimum absolute atomic E-state index is 0.0413. The van der Waals surface area contributed by atoms with Gasteiger partial charge >= 0.3 is 6.03 Å². The quantitative estimate of drug-likeness (QED) is 0.661. The van der Waals surface area contributed by atoms with Gasteiger partial charge in [-0.25, -0.2) is 4.79 Å². The maximum Gasteiger partial charge on any atom is 0.326 e. The number of benzene rings is 2. The first-order valence-electron chi connectivity index (χ1n) is 8.22. The van der Waals surface area contributed by atoms with Crippen molar-refractivity contribution in [1.29, 1.82) is 0 Å². The number of nitrogens with one attached hydrogen (secondary N) is 2. The Morgan fingerprint density at radius 3 is 2.41 bits per heavy atom. The summed E-state index contributed by atoms with van der Waals surface area (Å²) in [4.78, 5) is 24.2. The largest absolute Gasteiger partial charge is 0.487 e. The maximum absolute atomic E-state index is 12.1. The van der Waals surface area contributed by atoms with E-state index in [1.54, 1.807) is 36.4 Å². The fourth-order valence-electron chi connectivity index (χ4n) is 2.60. The van der Waals surface area contributed by atoms with Crippen LogP contribution in [0, 0.1) is 12.8 Å². The maximum atomic E-state index is 12.1. The first-order valence-corrected chi connectivity index (χ1v) is 9.35. The summed E-state index contributed by atoms with van der Waals surface area (Å²) in [7, 11) is 0. The van der Waals surface area contributed by atoms with E-state index >= 15 is 0 Å². The lowest BCUT2D eigenvalue weighted by atomic mass is 10.2. The molecule has 0 heterocycles. The van der Waals surface area contributed by atoms with Crippen molar-refractivity contribution in [3.05, 3.63) is 58.6 Å². The van der Waals surface area contributed by atoms with Gasteiger partial charge in [0, 0.05) is 11.6 Å². The molecule has 0 saturated heterocycles. The van der Waals surface area contributed by atoms with E-state index in [2.05, 4.69) is 10.6 Å². The Labute approximate surface area is 171 Å². The molecule has 1 fully saturated rings. The second-order valence-corrected chi connectivity index (χ2v) is 8.22. The fourth-order valence-corrected chi connectivity index (χ4v) is 3.39. The molecular weight excluding hydrogens is 411 g/mol. The second kappa shape index (κ2) is 7.58. The molecule has 0 radical (unpaired) electrons. The van der Waals surface area contributed by atoms with Gasteiger partial charge in [0.25, 0.3) is 5.91 Å². The number of halogens is 3. The van der Waals surface area contributed by atoms with Crippen molar-refractivity contribution in [2.75, 3.05) is 5.32 Å². The van der Waals surface area contributed by atoms with Crippen LogP contribution in [-0.2, 0) is 0 Å². The molecule has 0 aliphatic heterocycles. The van der Waals surface area contributed by atoms with Gasteiger partial charge in [0.05, 0.1) is 10.6 Å². The molecule has 2 atom stereocenters. The van der Waals surface area contributed by atoms with E-state index in [9.17, 15) is 9.59 Å². The zero-order valence-electron chi connectivity index (χ0n) is 14.6. The average Bonchev–Trinajstić information content (AvgIpc) is 3.07. The van der Waals surface area contributed by atoms with E-state index in [1.807, 2.05) is 13.8 Å². The number of hydrogen-bond acceptors (Lipinski definition) is 3. The molecule has 142 valence electrons. The molecule has 2 N–H and O–H groups in total. The molecule has 0 bridgehead atoms. The number of ether oxygens (including phenoxy) is 1. The predicted molar refractivity (Wildman–Crippen MR) is 107 cm³/mol. The lowest BCUT2D eigenvalue weighted by Crippen LogP contribution is -2.34. The van der Waals surface area contributed by atoms with Crippen LogP contribution in [0.5, 0.6) is 5.75 Å². The Bertz CT molecular complexity index is 902. The third-order valence-electron chi connectivity index (χ3n) is 4.36. The van der Waals surface area contributed by atoms with Gasteiger partial charge < -0.3 is 10.1 Å². The number of hydrogen-bond donors (Lipinski definition) is 2. The van der Waals surface area contributed by atoms with Crippen LogP contribution in [-0.4, -0.2) is 22.4 Å². The molecule has 5 nitrogen and oxygen atoms in total. The van der Waals surface area contributed by atoms with Gasteiger partial charge in [-0.15, -0.1) is 0 Å². The van der Waals surface area contributed by atoms with Crippen LogP contribution in [0.2, 0.25) is 5.02 Å². The zero-order valence-corrected chi connectivity index (χ0v) is 16.8. The molecule has 1 aliphatic carbocycles. The van der Waals surface area contributed by atoms with Gasteiger partial charge in [-0.1, -0.05) is 53.9 Å². The average molecular weight is 428 g/mol. The summed E-state index contributed by atoms with van der Waals surface area (Å²) >= 11 is 18.2. The van der Waals surface area contributed by atoms with Crippen molar-refractivity contribution in [3.63, 3.8) is 0 Å². The second-order valence-electron chi connectivity index (χ2n) is 6.37. The van der Waals surface area contributed by atoms with E-state index in [0.717, 1.165) is 5.56 Å². The third-order valence-corrected chi connectivity index (χ3v) is 5.81. The van der Waals surface area contributed by atoms with Gasteiger partial charge in [-0.3, -0.25) is 10.1 Å². The SMILES string of the molecule is Cc1cc(NC(=O)NC(=O)c2ccccc2Cl)ccc1OC1C(C)C1(Cl)Cl. The van der Waals surface area contributed by atoms with Gasteiger partial charge in [-0.2, -0.15) is 0 Å². The van der Waals surface area contributed by atoms with Crippen molar-refractivity contribution in [2.45, 2.75) is 24.3 Å². The summed E-state index contributed by atoms with van der Waals surface area (Å²) in [5.41, 5.74) is 1.53. The highest BCUT2D eigenvalue weighted by molar-refractivity contribution is 6.51. The summed E-state index contributed by atoms with van der Waals surface area (Å²) in [5.74, 6) is 0.0887.